The fourth-order valence-electron chi connectivity index (χ4n) is 5.24. The number of hydrogen-bond acceptors (Lipinski definition) is 14. The summed E-state index contributed by atoms with van der Waals surface area (Å²) in [6.45, 7) is 1.56. The molecule has 0 atom stereocenters. The molecule has 0 radical (unpaired) electrons. The molecule has 0 spiro atoms. The van der Waals surface area contributed by atoms with E-state index in [-0.39, 0.29) is 16.9 Å². The molecule has 22 heteroatoms. The number of aliphatic carboxylic acids is 2. The van der Waals surface area contributed by atoms with Crippen LogP contribution in [-0.4, -0.2) is 75.3 Å². The number of carboxylic acid groups (broad SMARTS) is 2. The number of carboxylic acids is 2. The van der Waals surface area contributed by atoms with Gasteiger partial charge in [0.15, 0.2) is 0 Å². The van der Waals surface area contributed by atoms with E-state index < -0.39 is 24.3 Å². The zero-order chi connectivity index (χ0) is 46.8. The summed E-state index contributed by atoms with van der Waals surface area (Å²) in [6, 6.07) is 21.6. The summed E-state index contributed by atoms with van der Waals surface area (Å²) in [7, 11) is 5.47. The van der Waals surface area contributed by atoms with E-state index in [4.69, 9.17) is 50.3 Å². The van der Waals surface area contributed by atoms with Crippen LogP contribution in [0.5, 0.6) is 0 Å². The molecule has 0 aliphatic carbocycles. The van der Waals surface area contributed by atoms with E-state index in [0.29, 0.717) is 55.6 Å². The van der Waals surface area contributed by atoms with E-state index in [0.717, 1.165) is 49.9 Å². The fourth-order valence-corrected chi connectivity index (χ4v) is 5.24. The molecule has 3 aromatic heterocycles. The second-order valence-corrected chi connectivity index (χ2v) is 12.4. The first-order valence-corrected chi connectivity index (χ1v) is 18.1. The highest BCUT2D eigenvalue weighted by Gasteiger charge is 2.38. The summed E-state index contributed by atoms with van der Waals surface area (Å²) in [5, 5.41) is 26.1. The number of hydrogen-bond donors (Lipinski definition) is 8. The molecule has 16 nitrogen and oxygen atoms in total. The van der Waals surface area contributed by atoms with Crippen LogP contribution in [0.3, 0.4) is 0 Å². The van der Waals surface area contributed by atoms with Gasteiger partial charge in [0.1, 0.15) is 16.7 Å². The number of benzene rings is 3. The molecular weight excluding hydrogens is 838 g/mol. The molecule has 3 aromatic carbocycles. The molecule has 0 aliphatic rings. The Morgan fingerprint density at radius 1 is 0.500 bits per heavy atom. The van der Waals surface area contributed by atoms with Gasteiger partial charge in [-0.15, -0.1) is 0 Å². The van der Waals surface area contributed by atoms with E-state index in [1.54, 1.807) is 0 Å². The smallest absolute Gasteiger partial charge is 0.475 e. The minimum Gasteiger partial charge on any atom is -0.475 e. The molecule has 11 N–H and O–H groups in total. The average Bonchev–Trinajstić information content (AvgIpc) is 3.20. The normalized spacial score (nSPS) is 10.8. The maximum Gasteiger partial charge on any atom is 0.490 e. The molecular formula is C40H44F6N6O10. The van der Waals surface area contributed by atoms with Crippen molar-refractivity contribution in [1.29, 1.82) is 0 Å². The van der Waals surface area contributed by atoms with Gasteiger partial charge >= 0.3 is 41.2 Å². The lowest BCUT2D eigenvalue weighted by Gasteiger charge is -2.05. The first kappa shape index (κ1) is 51.2. The van der Waals surface area contributed by atoms with E-state index in [2.05, 4.69) is 16.0 Å². The standard InChI is InChI=1S/3C12H14N2O2.2C2HF3O2/c3*1-14-9-2-3-10-8(4-5-13)6-12(15)16-11(10)7-9;2*3-2(4,5)1(6)7/h3*2-3,6-7,14H,4-5,13H2,1H3;2*(H,6,7). The summed E-state index contributed by atoms with van der Waals surface area (Å²) in [6.07, 6.45) is -8.12. The Kier molecular flexibility index (Phi) is 19.6. The zero-order valence-electron chi connectivity index (χ0n) is 33.3. The Balaban J connectivity index is 0.000000279. The van der Waals surface area contributed by atoms with Crippen LogP contribution in [0.1, 0.15) is 16.7 Å². The van der Waals surface area contributed by atoms with Crippen molar-refractivity contribution in [1.82, 2.24) is 0 Å². The molecule has 6 rings (SSSR count). The number of nitrogens with two attached hydrogens (primary N) is 3. The van der Waals surface area contributed by atoms with Gasteiger partial charge in [-0.3, -0.25) is 0 Å². The second-order valence-electron chi connectivity index (χ2n) is 12.4. The second kappa shape index (κ2) is 23.8. The summed E-state index contributed by atoms with van der Waals surface area (Å²) in [5.74, 6) is -5.51. The van der Waals surface area contributed by atoms with Crippen LogP contribution in [0.15, 0.2) is 100 Å². The van der Waals surface area contributed by atoms with E-state index in [1.165, 1.54) is 18.2 Å². The Morgan fingerprint density at radius 3 is 0.903 bits per heavy atom. The number of anilines is 3. The first-order chi connectivity index (χ1) is 29.1. The topological polar surface area (TPSA) is 279 Å². The fraction of sp³-hybridized carbons (Fsp3) is 0.275. The van der Waals surface area contributed by atoms with Gasteiger partial charge in [0, 0.05) is 90.8 Å². The molecule has 3 heterocycles. The van der Waals surface area contributed by atoms with E-state index >= 15 is 0 Å². The van der Waals surface area contributed by atoms with Crippen molar-refractivity contribution >= 4 is 61.9 Å². The largest absolute Gasteiger partial charge is 0.490 e. The van der Waals surface area contributed by atoms with Gasteiger partial charge in [-0.2, -0.15) is 26.3 Å². The highest BCUT2D eigenvalue weighted by atomic mass is 19.4. The molecule has 0 bridgehead atoms. The molecule has 336 valence electrons. The van der Waals surface area contributed by atoms with Crippen LogP contribution in [0.25, 0.3) is 32.9 Å². The number of nitrogens with one attached hydrogen (secondary N) is 3. The molecule has 6 aromatic rings. The van der Waals surface area contributed by atoms with E-state index in [9.17, 15) is 40.7 Å². The van der Waals surface area contributed by atoms with Crippen molar-refractivity contribution in [3.05, 3.63) is 121 Å². The van der Waals surface area contributed by atoms with Crippen LogP contribution in [0.4, 0.5) is 43.4 Å². The maximum absolute atomic E-state index is 11.4. The number of carbonyl (C=O) groups is 2. The lowest BCUT2D eigenvalue weighted by molar-refractivity contribution is -0.193. The van der Waals surface area contributed by atoms with Crippen molar-refractivity contribution < 1.29 is 59.4 Å². The van der Waals surface area contributed by atoms with Crippen LogP contribution < -0.4 is 50.0 Å². The lowest BCUT2D eigenvalue weighted by Crippen LogP contribution is -2.21. The molecule has 0 aliphatic heterocycles. The number of halogens is 6. The first-order valence-electron chi connectivity index (χ1n) is 18.1. The van der Waals surface area contributed by atoms with Gasteiger partial charge < -0.3 is 56.6 Å². The zero-order valence-corrected chi connectivity index (χ0v) is 33.3. The monoisotopic (exact) mass is 882 g/mol. The molecule has 0 saturated carbocycles. The van der Waals surface area contributed by atoms with Gasteiger partial charge in [0.25, 0.3) is 0 Å². The van der Waals surface area contributed by atoms with Crippen molar-refractivity contribution in [2.75, 3.05) is 56.7 Å². The van der Waals surface area contributed by atoms with Crippen molar-refractivity contribution in [3.8, 4) is 0 Å². The van der Waals surface area contributed by atoms with Crippen molar-refractivity contribution in [2.45, 2.75) is 31.6 Å². The molecule has 0 unspecified atom stereocenters. The third-order valence-electron chi connectivity index (χ3n) is 8.08. The maximum atomic E-state index is 11.4. The number of fused-ring (bicyclic) bond motifs is 3. The van der Waals surface area contributed by atoms with Crippen LogP contribution >= 0.6 is 0 Å². The summed E-state index contributed by atoms with van der Waals surface area (Å²) >= 11 is 0. The predicted octanol–water partition coefficient (Wildman–Crippen LogP) is 5.27. The third-order valence-corrected chi connectivity index (χ3v) is 8.08. The van der Waals surface area contributed by atoms with Gasteiger partial charge in [-0.1, -0.05) is 0 Å². The average molecular weight is 883 g/mol. The molecule has 0 fully saturated rings. The predicted molar refractivity (Wildman–Crippen MR) is 222 cm³/mol. The summed E-state index contributed by atoms with van der Waals surface area (Å²) in [5.41, 5.74) is 22.9. The Hall–Kier alpha value is -6.91. The van der Waals surface area contributed by atoms with Crippen LogP contribution in [0.2, 0.25) is 0 Å². The minimum absolute atomic E-state index is 0.329. The Bertz CT molecular complexity index is 2340. The number of alkyl halides is 6. The van der Waals surface area contributed by atoms with Crippen molar-refractivity contribution in [2.24, 2.45) is 17.2 Å². The van der Waals surface area contributed by atoms with Gasteiger partial charge in [0.05, 0.1) is 0 Å². The molecule has 62 heavy (non-hydrogen) atoms. The summed E-state index contributed by atoms with van der Waals surface area (Å²) in [4.78, 5) is 51.8. The highest BCUT2D eigenvalue weighted by Crippen LogP contribution is 2.23. The van der Waals surface area contributed by atoms with E-state index in [1.807, 2.05) is 75.7 Å². The summed E-state index contributed by atoms with van der Waals surface area (Å²) < 4.78 is 78.9. The van der Waals surface area contributed by atoms with Gasteiger partial charge in [-0.25, -0.2) is 24.0 Å². The Labute approximate surface area is 347 Å². The molecule has 0 amide bonds. The minimum atomic E-state index is -5.08. The third kappa shape index (κ3) is 15.9. The number of rotatable bonds is 9. The highest BCUT2D eigenvalue weighted by molar-refractivity contribution is 5.85. The van der Waals surface area contributed by atoms with Gasteiger partial charge in [0.2, 0.25) is 0 Å². The molecule has 0 saturated heterocycles. The lowest BCUT2D eigenvalue weighted by atomic mass is 10.1. The van der Waals surface area contributed by atoms with Crippen molar-refractivity contribution in [3.63, 3.8) is 0 Å². The van der Waals surface area contributed by atoms with Crippen LogP contribution in [-0.2, 0) is 28.9 Å². The quantitative estimate of drug-likeness (QED) is 0.0678. The Morgan fingerprint density at radius 2 is 0.726 bits per heavy atom. The van der Waals surface area contributed by atoms with Crippen LogP contribution in [0, 0.1) is 0 Å². The van der Waals surface area contributed by atoms with Gasteiger partial charge in [-0.05, 0) is 92.0 Å². The SMILES string of the molecule is CNc1ccc2c(CCN)cc(=O)oc2c1.CNc1ccc2c(CCN)cc(=O)oc2c1.CNc1ccc2c(CCN)cc(=O)oc2c1.O=C(O)C(F)(F)F.O=C(O)C(F)(F)F.